The van der Waals surface area contributed by atoms with Crippen molar-refractivity contribution in [3.8, 4) is 11.8 Å². The van der Waals surface area contributed by atoms with Crippen LogP contribution in [-0.4, -0.2) is 15.0 Å². The first-order chi connectivity index (χ1) is 8.69. The summed E-state index contributed by atoms with van der Waals surface area (Å²) in [5, 5.41) is 17.1. The normalized spacial score (nSPS) is 10.1. The van der Waals surface area contributed by atoms with Crippen LogP contribution in [0.1, 0.15) is 5.69 Å². The first-order valence-corrected chi connectivity index (χ1v) is 5.78. The molecule has 0 saturated heterocycles. The summed E-state index contributed by atoms with van der Waals surface area (Å²) in [5.74, 6) is 0.524. The van der Waals surface area contributed by atoms with Gasteiger partial charge in [-0.3, -0.25) is 0 Å². The molecule has 0 spiro atoms. The van der Waals surface area contributed by atoms with E-state index in [2.05, 4.69) is 10.3 Å². The molecule has 0 radical (unpaired) electrons. The summed E-state index contributed by atoms with van der Waals surface area (Å²) < 4.78 is 6.91. The summed E-state index contributed by atoms with van der Waals surface area (Å²) >= 11 is 11.7. The standard InChI is InChI=1S/C11H8Cl2N4O/c12-8-1-2-11(10(13)5-8)18-7-9-6-17(4-3-14)16-15-9/h1-2,5-6H,4,7H2. The molecule has 0 saturated carbocycles. The smallest absolute Gasteiger partial charge is 0.138 e. The van der Waals surface area contributed by atoms with E-state index in [1.807, 2.05) is 6.07 Å². The van der Waals surface area contributed by atoms with E-state index in [0.29, 0.717) is 21.5 Å². The maximum atomic E-state index is 8.50. The topological polar surface area (TPSA) is 63.7 Å². The van der Waals surface area contributed by atoms with Crippen LogP contribution < -0.4 is 4.74 Å². The maximum absolute atomic E-state index is 8.50. The molecule has 0 atom stereocenters. The molecule has 5 nitrogen and oxygen atoms in total. The second kappa shape index (κ2) is 5.71. The fraction of sp³-hybridized carbons (Fsp3) is 0.182. The van der Waals surface area contributed by atoms with E-state index in [4.69, 9.17) is 33.2 Å². The van der Waals surface area contributed by atoms with E-state index >= 15 is 0 Å². The van der Waals surface area contributed by atoms with Gasteiger partial charge in [0.25, 0.3) is 0 Å². The molecule has 0 aliphatic rings. The van der Waals surface area contributed by atoms with Gasteiger partial charge in [0, 0.05) is 5.02 Å². The van der Waals surface area contributed by atoms with Gasteiger partial charge in [0.2, 0.25) is 0 Å². The molecule has 2 rings (SSSR count). The number of hydrogen-bond acceptors (Lipinski definition) is 4. The number of ether oxygens (including phenoxy) is 1. The minimum Gasteiger partial charge on any atom is -0.486 e. The zero-order valence-corrected chi connectivity index (χ0v) is 10.7. The summed E-state index contributed by atoms with van der Waals surface area (Å²) in [4.78, 5) is 0. The van der Waals surface area contributed by atoms with Gasteiger partial charge in [0.05, 0.1) is 17.3 Å². The number of aromatic nitrogens is 3. The van der Waals surface area contributed by atoms with Gasteiger partial charge in [-0.2, -0.15) is 5.26 Å². The van der Waals surface area contributed by atoms with E-state index in [0.717, 1.165) is 0 Å². The third kappa shape index (κ3) is 3.13. The SMILES string of the molecule is N#CCn1cc(COc2ccc(Cl)cc2Cl)nn1. The molecule has 0 aliphatic heterocycles. The van der Waals surface area contributed by atoms with E-state index in [9.17, 15) is 0 Å². The highest BCUT2D eigenvalue weighted by Crippen LogP contribution is 2.27. The first kappa shape index (κ1) is 12.7. The number of hydrogen-bond donors (Lipinski definition) is 0. The Morgan fingerprint density at radius 1 is 1.39 bits per heavy atom. The van der Waals surface area contributed by atoms with Gasteiger partial charge < -0.3 is 4.74 Å². The van der Waals surface area contributed by atoms with Crippen LogP contribution in [0.4, 0.5) is 0 Å². The summed E-state index contributed by atoms with van der Waals surface area (Å²) in [6.07, 6.45) is 1.65. The van der Waals surface area contributed by atoms with Crippen molar-refractivity contribution in [2.24, 2.45) is 0 Å². The van der Waals surface area contributed by atoms with Crippen molar-refractivity contribution in [2.45, 2.75) is 13.2 Å². The Balaban J connectivity index is 2.00. The summed E-state index contributed by atoms with van der Waals surface area (Å²) in [5.41, 5.74) is 0.622. The van der Waals surface area contributed by atoms with E-state index in [1.165, 1.54) is 4.68 Å². The summed E-state index contributed by atoms with van der Waals surface area (Å²) in [6.45, 7) is 0.390. The number of rotatable bonds is 4. The zero-order valence-electron chi connectivity index (χ0n) is 9.18. The molecule has 0 N–H and O–H groups in total. The largest absolute Gasteiger partial charge is 0.486 e. The second-order valence-electron chi connectivity index (χ2n) is 3.43. The van der Waals surface area contributed by atoms with Crippen LogP contribution in [0.25, 0.3) is 0 Å². The highest BCUT2D eigenvalue weighted by atomic mass is 35.5. The molecule has 92 valence electrons. The highest BCUT2D eigenvalue weighted by molar-refractivity contribution is 6.35. The molecule has 18 heavy (non-hydrogen) atoms. The van der Waals surface area contributed by atoms with Gasteiger partial charge in [-0.25, -0.2) is 4.68 Å². The van der Waals surface area contributed by atoms with Gasteiger partial charge in [0.1, 0.15) is 24.6 Å². The van der Waals surface area contributed by atoms with Gasteiger partial charge >= 0.3 is 0 Å². The molecule has 0 bridgehead atoms. The molecule has 0 aliphatic carbocycles. The number of nitriles is 1. The lowest BCUT2D eigenvalue weighted by molar-refractivity contribution is 0.301. The lowest BCUT2D eigenvalue weighted by Gasteiger charge is -2.05. The van der Waals surface area contributed by atoms with Crippen LogP contribution in [0.5, 0.6) is 5.75 Å². The summed E-state index contributed by atoms with van der Waals surface area (Å²) in [6, 6.07) is 6.95. The van der Waals surface area contributed by atoms with Crippen molar-refractivity contribution in [1.29, 1.82) is 5.26 Å². The lowest BCUT2D eigenvalue weighted by Crippen LogP contribution is -1.96. The zero-order chi connectivity index (χ0) is 13.0. The molecule has 0 fully saturated rings. The Morgan fingerprint density at radius 3 is 2.94 bits per heavy atom. The van der Waals surface area contributed by atoms with Gasteiger partial charge in [-0.15, -0.1) is 5.10 Å². The molecular weight excluding hydrogens is 275 g/mol. The Morgan fingerprint density at radius 2 is 2.22 bits per heavy atom. The third-order valence-corrected chi connectivity index (χ3v) is 2.62. The Bertz CT molecular complexity index is 591. The quantitative estimate of drug-likeness (QED) is 0.865. The van der Waals surface area contributed by atoms with Crippen LogP contribution in [-0.2, 0) is 13.2 Å². The molecule has 0 unspecified atom stereocenters. The third-order valence-electron chi connectivity index (χ3n) is 2.09. The fourth-order valence-corrected chi connectivity index (χ4v) is 1.76. The van der Waals surface area contributed by atoms with Crippen molar-refractivity contribution < 1.29 is 4.74 Å². The van der Waals surface area contributed by atoms with Crippen molar-refractivity contribution in [2.75, 3.05) is 0 Å². The molecule has 1 aromatic carbocycles. The molecule has 1 heterocycles. The molecule has 1 aromatic heterocycles. The van der Waals surface area contributed by atoms with E-state index < -0.39 is 0 Å². The molecular formula is C11H8Cl2N4O. The van der Waals surface area contributed by atoms with Crippen molar-refractivity contribution >= 4 is 23.2 Å². The number of halogens is 2. The van der Waals surface area contributed by atoms with Crippen LogP contribution in [0.2, 0.25) is 10.0 Å². The highest BCUT2D eigenvalue weighted by Gasteiger charge is 2.05. The predicted molar refractivity (Wildman–Crippen MR) is 66.4 cm³/mol. The average molecular weight is 283 g/mol. The maximum Gasteiger partial charge on any atom is 0.138 e. The van der Waals surface area contributed by atoms with Gasteiger partial charge in [-0.05, 0) is 18.2 Å². The minimum atomic E-state index is 0.161. The average Bonchev–Trinajstić information content (AvgIpc) is 2.76. The van der Waals surface area contributed by atoms with Crippen LogP contribution in [0, 0.1) is 11.3 Å². The molecule has 2 aromatic rings. The molecule has 7 heteroatoms. The number of benzene rings is 1. The second-order valence-corrected chi connectivity index (χ2v) is 4.27. The van der Waals surface area contributed by atoms with Gasteiger partial charge in [0.15, 0.2) is 0 Å². The van der Waals surface area contributed by atoms with Crippen molar-refractivity contribution in [1.82, 2.24) is 15.0 Å². The predicted octanol–water partition coefficient (Wildman–Crippen LogP) is 2.69. The fourth-order valence-electron chi connectivity index (χ4n) is 1.30. The Labute approximate surface area is 113 Å². The summed E-state index contributed by atoms with van der Waals surface area (Å²) in [7, 11) is 0. The van der Waals surface area contributed by atoms with Crippen molar-refractivity contribution in [3.63, 3.8) is 0 Å². The van der Waals surface area contributed by atoms with Crippen LogP contribution in [0.15, 0.2) is 24.4 Å². The van der Waals surface area contributed by atoms with Crippen LogP contribution in [0.3, 0.4) is 0 Å². The minimum absolute atomic E-state index is 0.161. The first-order valence-electron chi connectivity index (χ1n) is 5.03. The lowest BCUT2D eigenvalue weighted by atomic mass is 10.3. The Kier molecular flexibility index (Phi) is 4.03. The molecule has 0 amide bonds. The van der Waals surface area contributed by atoms with E-state index in [-0.39, 0.29) is 13.2 Å². The Hall–Kier alpha value is -1.77. The van der Waals surface area contributed by atoms with Crippen molar-refractivity contribution in [3.05, 3.63) is 40.1 Å². The van der Waals surface area contributed by atoms with Crippen LogP contribution >= 0.6 is 23.2 Å². The monoisotopic (exact) mass is 282 g/mol. The number of nitrogens with zero attached hydrogens (tertiary/aromatic N) is 4. The van der Waals surface area contributed by atoms with Gasteiger partial charge in [-0.1, -0.05) is 28.4 Å². The van der Waals surface area contributed by atoms with E-state index in [1.54, 1.807) is 24.4 Å².